The monoisotopic (exact) mass is 425 g/mol. The second kappa shape index (κ2) is 7.37. The molecular formula is C20H21Cl2NO3S. The Morgan fingerprint density at radius 3 is 2.07 bits per heavy atom. The third-order valence-corrected chi connectivity index (χ3v) is 8.40. The zero-order valence-corrected chi connectivity index (χ0v) is 17.3. The Balaban J connectivity index is 1.61. The molecule has 2 aliphatic heterocycles. The highest BCUT2D eigenvalue weighted by Gasteiger charge is 2.47. The van der Waals surface area contributed by atoms with Crippen LogP contribution in [0.15, 0.2) is 47.4 Å². The maximum Gasteiger partial charge on any atom is 0.243 e. The van der Waals surface area contributed by atoms with Gasteiger partial charge < -0.3 is 4.74 Å². The van der Waals surface area contributed by atoms with Crippen LogP contribution in [-0.2, 0) is 14.8 Å². The maximum absolute atomic E-state index is 13.2. The summed E-state index contributed by atoms with van der Waals surface area (Å²) >= 11 is 12.1. The molecular weight excluding hydrogens is 405 g/mol. The predicted molar refractivity (Wildman–Crippen MR) is 108 cm³/mol. The first-order chi connectivity index (χ1) is 12.9. The van der Waals surface area contributed by atoms with E-state index in [9.17, 15) is 8.42 Å². The number of benzene rings is 2. The smallest absolute Gasteiger partial charge is 0.243 e. The molecule has 2 aromatic carbocycles. The van der Waals surface area contributed by atoms with E-state index in [1.165, 1.54) is 0 Å². The van der Waals surface area contributed by atoms with Gasteiger partial charge in [0.2, 0.25) is 10.0 Å². The Morgan fingerprint density at radius 1 is 0.926 bits per heavy atom. The van der Waals surface area contributed by atoms with Crippen molar-refractivity contribution >= 4 is 33.2 Å². The van der Waals surface area contributed by atoms with Crippen molar-refractivity contribution in [3.8, 4) is 11.1 Å². The van der Waals surface area contributed by atoms with E-state index in [1.54, 1.807) is 35.7 Å². The molecule has 0 aromatic heterocycles. The number of rotatable bonds is 4. The average molecular weight is 426 g/mol. The van der Waals surface area contributed by atoms with Gasteiger partial charge in [-0.3, -0.25) is 0 Å². The number of nitrogens with zero attached hydrogens (tertiary/aromatic N) is 1. The fourth-order valence-corrected chi connectivity index (χ4v) is 6.48. The summed E-state index contributed by atoms with van der Waals surface area (Å²) in [5, 5.41) is 0.970. The lowest BCUT2D eigenvalue weighted by molar-refractivity contribution is 0.0349. The summed E-state index contributed by atoms with van der Waals surface area (Å²) in [6.07, 6.45) is 3.52. The van der Waals surface area contributed by atoms with E-state index >= 15 is 0 Å². The number of piperidine rings is 1. The van der Waals surface area contributed by atoms with Crippen LogP contribution in [0.4, 0.5) is 0 Å². The van der Waals surface area contributed by atoms with Gasteiger partial charge in [0, 0.05) is 19.2 Å². The molecule has 2 atom stereocenters. The van der Waals surface area contributed by atoms with Gasteiger partial charge in [-0.25, -0.2) is 8.42 Å². The van der Waals surface area contributed by atoms with E-state index in [1.807, 2.05) is 18.2 Å². The summed E-state index contributed by atoms with van der Waals surface area (Å²) in [4.78, 5) is 0.332. The second-order valence-electron chi connectivity index (χ2n) is 7.20. The van der Waals surface area contributed by atoms with Crippen molar-refractivity contribution in [1.29, 1.82) is 0 Å². The molecule has 0 aliphatic carbocycles. The topological polar surface area (TPSA) is 46.6 Å². The van der Waals surface area contributed by atoms with Crippen LogP contribution < -0.4 is 0 Å². The molecule has 27 heavy (non-hydrogen) atoms. The van der Waals surface area contributed by atoms with Crippen LogP contribution in [0.25, 0.3) is 11.1 Å². The molecule has 0 saturated carbocycles. The third-order valence-electron chi connectivity index (χ3n) is 5.64. The maximum atomic E-state index is 13.2. The van der Waals surface area contributed by atoms with Gasteiger partial charge in [0.05, 0.1) is 21.0 Å². The largest absolute Gasteiger partial charge is 0.381 e. The lowest BCUT2D eigenvalue weighted by Gasteiger charge is -2.37. The number of hydrogen-bond acceptors (Lipinski definition) is 3. The minimum absolute atomic E-state index is 0.0356. The highest BCUT2D eigenvalue weighted by atomic mass is 35.5. The van der Waals surface area contributed by atoms with Crippen LogP contribution in [0, 0.1) is 0 Å². The Bertz CT molecular complexity index is 932. The summed E-state index contributed by atoms with van der Waals surface area (Å²) in [5.41, 5.74) is 1.79. The molecule has 2 saturated heterocycles. The van der Waals surface area contributed by atoms with Gasteiger partial charge in [0.15, 0.2) is 0 Å². The summed E-state index contributed by atoms with van der Waals surface area (Å²) in [5.74, 6) is 0. The lowest BCUT2D eigenvalue weighted by atomic mass is 10.0. The number of fused-ring (bicyclic) bond motifs is 2. The first-order valence-corrected chi connectivity index (χ1v) is 11.2. The summed E-state index contributed by atoms with van der Waals surface area (Å²) in [7, 11) is -1.81. The Hall–Kier alpha value is -1.11. The van der Waals surface area contributed by atoms with Crippen LogP contribution in [0.1, 0.15) is 25.7 Å². The molecule has 0 spiro atoms. The van der Waals surface area contributed by atoms with Crippen LogP contribution in [0.5, 0.6) is 0 Å². The quantitative estimate of drug-likeness (QED) is 0.692. The van der Waals surface area contributed by atoms with Gasteiger partial charge in [0.1, 0.15) is 0 Å². The van der Waals surface area contributed by atoms with Crippen molar-refractivity contribution in [1.82, 2.24) is 4.31 Å². The van der Waals surface area contributed by atoms with E-state index in [0.29, 0.717) is 14.9 Å². The molecule has 4 rings (SSSR count). The standard InChI is InChI=1S/C20H21Cl2NO3S/c1-26-17-11-15-5-6-16(12-17)23(15)27(24,25)18-7-2-13(3-8-18)14-4-9-19(21)20(22)10-14/h2-4,7-10,15-17H,5-6,11-12H2,1H3. The Kier molecular flexibility index (Phi) is 5.25. The first-order valence-electron chi connectivity index (χ1n) is 9.02. The van der Waals surface area contributed by atoms with Crippen molar-refractivity contribution in [2.24, 2.45) is 0 Å². The van der Waals surface area contributed by atoms with Crippen LogP contribution in [-0.4, -0.2) is 38.0 Å². The highest BCUT2D eigenvalue weighted by Crippen LogP contribution is 2.40. The number of sulfonamides is 1. The minimum Gasteiger partial charge on any atom is -0.381 e. The SMILES string of the molecule is COC1CC2CCC(C1)N2S(=O)(=O)c1ccc(-c2ccc(Cl)c(Cl)c2)cc1. The fourth-order valence-electron chi connectivity index (χ4n) is 4.29. The molecule has 144 valence electrons. The molecule has 2 fully saturated rings. The van der Waals surface area contributed by atoms with E-state index in [-0.39, 0.29) is 18.2 Å². The molecule has 0 amide bonds. The zero-order valence-electron chi connectivity index (χ0n) is 14.9. The Labute approximate surface area is 170 Å². The van der Waals surface area contributed by atoms with E-state index in [4.69, 9.17) is 27.9 Å². The van der Waals surface area contributed by atoms with Gasteiger partial charge in [-0.05, 0) is 61.1 Å². The van der Waals surface area contributed by atoms with Crippen LogP contribution in [0.3, 0.4) is 0 Å². The predicted octanol–water partition coefficient (Wildman–Crippen LogP) is 4.99. The molecule has 4 nitrogen and oxygen atoms in total. The van der Waals surface area contributed by atoms with E-state index in [2.05, 4.69) is 0 Å². The van der Waals surface area contributed by atoms with Gasteiger partial charge in [-0.15, -0.1) is 0 Å². The Morgan fingerprint density at radius 2 is 1.52 bits per heavy atom. The highest BCUT2D eigenvalue weighted by molar-refractivity contribution is 7.89. The summed E-state index contributed by atoms with van der Waals surface area (Å²) < 4.78 is 33.7. The van der Waals surface area contributed by atoms with Crippen molar-refractivity contribution in [2.75, 3.05) is 7.11 Å². The third kappa shape index (κ3) is 3.52. The second-order valence-corrected chi connectivity index (χ2v) is 9.86. The van der Waals surface area contributed by atoms with Crippen LogP contribution >= 0.6 is 23.2 Å². The summed E-state index contributed by atoms with van der Waals surface area (Å²) in [6.45, 7) is 0. The zero-order chi connectivity index (χ0) is 19.2. The molecule has 0 N–H and O–H groups in total. The number of halogens is 2. The van der Waals surface area contributed by atoms with E-state index in [0.717, 1.165) is 36.8 Å². The van der Waals surface area contributed by atoms with Crippen molar-refractivity contribution < 1.29 is 13.2 Å². The van der Waals surface area contributed by atoms with Crippen molar-refractivity contribution in [3.63, 3.8) is 0 Å². The number of hydrogen-bond donors (Lipinski definition) is 0. The first kappa shape index (κ1) is 19.2. The summed E-state index contributed by atoms with van der Waals surface area (Å²) in [6, 6.07) is 12.4. The van der Waals surface area contributed by atoms with Gasteiger partial charge >= 0.3 is 0 Å². The minimum atomic E-state index is -3.51. The fraction of sp³-hybridized carbons (Fsp3) is 0.400. The van der Waals surface area contributed by atoms with E-state index < -0.39 is 10.0 Å². The molecule has 2 bridgehead atoms. The molecule has 2 aromatic rings. The van der Waals surface area contributed by atoms with Gasteiger partial charge in [-0.2, -0.15) is 4.31 Å². The van der Waals surface area contributed by atoms with Crippen molar-refractivity contribution in [3.05, 3.63) is 52.5 Å². The molecule has 7 heteroatoms. The molecule has 2 heterocycles. The van der Waals surface area contributed by atoms with Gasteiger partial charge in [-0.1, -0.05) is 41.4 Å². The van der Waals surface area contributed by atoms with Crippen molar-refractivity contribution in [2.45, 2.75) is 48.8 Å². The number of ether oxygens (including phenoxy) is 1. The molecule has 2 unspecified atom stereocenters. The van der Waals surface area contributed by atoms with Gasteiger partial charge in [0.25, 0.3) is 0 Å². The van der Waals surface area contributed by atoms with Crippen LogP contribution in [0.2, 0.25) is 10.0 Å². The average Bonchev–Trinajstić information content (AvgIpc) is 2.95. The number of methoxy groups -OCH3 is 1. The molecule has 2 aliphatic rings. The normalized spacial score (nSPS) is 25.7. The lowest BCUT2D eigenvalue weighted by Crippen LogP contribution is -2.48. The molecule has 0 radical (unpaired) electrons.